The summed E-state index contributed by atoms with van der Waals surface area (Å²) in [6.07, 6.45) is 0. The van der Waals surface area contributed by atoms with E-state index in [9.17, 15) is 14.4 Å². The van der Waals surface area contributed by atoms with Crippen molar-refractivity contribution in [2.24, 2.45) is 0 Å². The Morgan fingerprint density at radius 3 is 2.48 bits per heavy atom. The lowest BCUT2D eigenvalue weighted by molar-refractivity contribution is -0.133. The van der Waals surface area contributed by atoms with Gasteiger partial charge >= 0.3 is 5.97 Å². The number of rotatable bonds is 5. The first-order valence-corrected chi connectivity index (χ1v) is 9.40. The molecule has 7 heteroatoms. The number of ether oxygens (including phenoxy) is 2. The minimum Gasteiger partial charge on any atom is -0.476 e. The van der Waals surface area contributed by atoms with E-state index in [-0.39, 0.29) is 18.4 Å². The summed E-state index contributed by atoms with van der Waals surface area (Å²) >= 11 is 0. The maximum Gasteiger partial charge on any atom is 0.338 e. The van der Waals surface area contributed by atoms with Crippen molar-refractivity contribution >= 4 is 29.2 Å². The molecular formula is C22H24N2O5. The lowest BCUT2D eigenvalue weighted by Gasteiger charge is -2.38. The first-order chi connectivity index (χ1) is 13.7. The van der Waals surface area contributed by atoms with Gasteiger partial charge in [0.1, 0.15) is 12.3 Å². The molecule has 1 heterocycles. The molecule has 1 aliphatic rings. The molecule has 0 spiro atoms. The highest BCUT2D eigenvalue weighted by Crippen LogP contribution is 2.38. The molecule has 0 atom stereocenters. The molecule has 0 aromatic heterocycles. The van der Waals surface area contributed by atoms with Crippen LogP contribution in [0.2, 0.25) is 0 Å². The van der Waals surface area contributed by atoms with Crippen LogP contribution in [0, 0.1) is 6.92 Å². The Balaban J connectivity index is 1.75. The van der Waals surface area contributed by atoms with Crippen molar-refractivity contribution in [3.8, 4) is 5.75 Å². The van der Waals surface area contributed by atoms with E-state index in [0.29, 0.717) is 29.3 Å². The standard InChI is InChI=1S/C22H24N2O5/c1-5-28-20(26)15-7-9-16(10-8-15)23-19(25)13-24-17-12-14(2)6-11-18(17)29-22(3,4)21(24)27/h6-12H,5,13H2,1-4H3,(H,23,25). The van der Waals surface area contributed by atoms with Crippen molar-refractivity contribution in [1.29, 1.82) is 0 Å². The quantitative estimate of drug-likeness (QED) is 0.784. The van der Waals surface area contributed by atoms with Gasteiger partial charge in [-0.05, 0) is 69.7 Å². The fourth-order valence-corrected chi connectivity index (χ4v) is 3.08. The molecule has 1 N–H and O–H groups in total. The fourth-order valence-electron chi connectivity index (χ4n) is 3.08. The number of carbonyl (C=O) groups is 3. The second kappa shape index (κ2) is 7.95. The average molecular weight is 396 g/mol. The molecule has 3 rings (SSSR count). The van der Waals surface area contributed by atoms with Crippen molar-refractivity contribution < 1.29 is 23.9 Å². The highest BCUT2D eigenvalue weighted by atomic mass is 16.5. The van der Waals surface area contributed by atoms with Crippen molar-refractivity contribution in [2.75, 3.05) is 23.4 Å². The van der Waals surface area contributed by atoms with Gasteiger partial charge < -0.3 is 14.8 Å². The number of nitrogens with zero attached hydrogens (tertiary/aromatic N) is 1. The van der Waals surface area contributed by atoms with Crippen molar-refractivity contribution in [2.45, 2.75) is 33.3 Å². The van der Waals surface area contributed by atoms with Gasteiger partial charge in [0.05, 0.1) is 17.9 Å². The van der Waals surface area contributed by atoms with Crippen LogP contribution in [0.3, 0.4) is 0 Å². The van der Waals surface area contributed by atoms with Gasteiger partial charge in [-0.1, -0.05) is 6.07 Å². The van der Waals surface area contributed by atoms with E-state index in [1.165, 1.54) is 4.90 Å². The summed E-state index contributed by atoms with van der Waals surface area (Å²) in [6, 6.07) is 11.9. The number of hydrogen-bond donors (Lipinski definition) is 1. The van der Waals surface area contributed by atoms with E-state index in [1.54, 1.807) is 51.1 Å². The topological polar surface area (TPSA) is 84.9 Å². The number of benzene rings is 2. The Bertz CT molecular complexity index is 950. The predicted molar refractivity (Wildman–Crippen MR) is 109 cm³/mol. The third kappa shape index (κ3) is 4.39. The summed E-state index contributed by atoms with van der Waals surface area (Å²) in [4.78, 5) is 38.6. The molecule has 0 bridgehead atoms. The molecule has 0 saturated heterocycles. The molecule has 0 radical (unpaired) electrons. The second-order valence-electron chi connectivity index (χ2n) is 7.32. The average Bonchev–Trinajstić information content (AvgIpc) is 2.67. The van der Waals surface area contributed by atoms with Crippen molar-refractivity contribution in [3.63, 3.8) is 0 Å². The Morgan fingerprint density at radius 1 is 1.14 bits per heavy atom. The molecule has 152 valence electrons. The van der Waals surface area contributed by atoms with Gasteiger partial charge in [-0.2, -0.15) is 0 Å². The normalized spacial score (nSPS) is 14.6. The Morgan fingerprint density at radius 2 is 1.83 bits per heavy atom. The molecule has 2 aromatic rings. The summed E-state index contributed by atoms with van der Waals surface area (Å²) in [5.74, 6) is -0.499. The zero-order valence-electron chi connectivity index (χ0n) is 16.9. The third-order valence-corrected chi connectivity index (χ3v) is 4.51. The van der Waals surface area contributed by atoms with Gasteiger partial charge in [-0.25, -0.2) is 4.79 Å². The van der Waals surface area contributed by atoms with E-state index in [2.05, 4.69) is 5.32 Å². The molecule has 0 unspecified atom stereocenters. The maximum absolute atomic E-state index is 12.9. The van der Waals surface area contributed by atoms with Crippen LogP contribution < -0.4 is 15.0 Å². The monoisotopic (exact) mass is 396 g/mol. The Kier molecular flexibility index (Phi) is 5.59. The lowest BCUT2D eigenvalue weighted by atomic mass is 10.0. The summed E-state index contributed by atoms with van der Waals surface area (Å²) in [5, 5.41) is 2.75. The molecule has 0 fully saturated rings. The number of esters is 1. The van der Waals surface area contributed by atoms with Crippen LogP contribution in [0.4, 0.5) is 11.4 Å². The summed E-state index contributed by atoms with van der Waals surface area (Å²) in [7, 11) is 0. The smallest absolute Gasteiger partial charge is 0.338 e. The molecule has 1 aliphatic heterocycles. The zero-order valence-corrected chi connectivity index (χ0v) is 16.9. The van der Waals surface area contributed by atoms with Gasteiger partial charge in [0, 0.05) is 5.69 Å². The fraction of sp³-hybridized carbons (Fsp3) is 0.318. The van der Waals surface area contributed by atoms with Crippen molar-refractivity contribution in [3.05, 3.63) is 53.6 Å². The summed E-state index contributed by atoms with van der Waals surface area (Å²) in [5.41, 5.74) is 1.39. The van der Waals surface area contributed by atoms with Gasteiger partial charge in [-0.3, -0.25) is 14.5 Å². The van der Waals surface area contributed by atoms with E-state index in [1.807, 2.05) is 19.1 Å². The Labute approximate surface area is 169 Å². The van der Waals surface area contributed by atoms with Crippen LogP contribution in [0.15, 0.2) is 42.5 Å². The van der Waals surface area contributed by atoms with Crippen LogP contribution >= 0.6 is 0 Å². The minimum atomic E-state index is -1.07. The van der Waals surface area contributed by atoms with Crippen LogP contribution in [-0.2, 0) is 14.3 Å². The molecule has 29 heavy (non-hydrogen) atoms. The molecule has 2 aromatic carbocycles. The third-order valence-electron chi connectivity index (χ3n) is 4.51. The van der Waals surface area contributed by atoms with Gasteiger partial charge in [-0.15, -0.1) is 0 Å². The maximum atomic E-state index is 12.9. The molecule has 0 aliphatic carbocycles. The highest BCUT2D eigenvalue weighted by molar-refractivity contribution is 6.07. The van der Waals surface area contributed by atoms with Crippen LogP contribution in [0.25, 0.3) is 0 Å². The van der Waals surface area contributed by atoms with Gasteiger partial charge in [0.2, 0.25) is 5.91 Å². The molecule has 0 saturated carbocycles. The van der Waals surface area contributed by atoms with Gasteiger partial charge in [0.25, 0.3) is 5.91 Å². The van der Waals surface area contributed by atoms with E-state index < -0.39 is 11.6 Å². The Hall–Kier alpha value is -3.35. The number of carbonyl (C=O) groups excluding carboxylic acids is 3. The summed E-state index contributed by atoms with van der Waals surface area (Å²) < 4.78 is 10.7. The number of amides is 2. The van der Waals surface area contributed by atoms with E-state index in [4.69, 9.17) is 9.47 Å². The van der Waals surface area contributed by atoms with Crippen LogP contribution in [0.1, 0.15) is 36.7 Å². The molecule has 7 nitrogen and oxygen atoms in total. The number of fused-ring (bicyclic) bond motifs is 1. The number of nitrogens with one attached hydrogen (secondary N) is 1. The van der Waals surface area contributed by atoms with Crippen LogP contribution in [0.5, 0.6) is 5.75 Å². The lowest BCUT2D eigenvalue weighted by Crippen LogP contribution is -2.54. The van der Waals surface area contributed by atoms with E-state index in [0.717, 1.165) is 5.56 Å². The minimum absolute atomic E-state index is 0.151. The second-order valence-corrected chi connectivity index (χ2v) is 7.32. The predicted octanol–water partition coefficient (Wildman–Crippen LogP) is 3.31. The largest absolute Gasteiger partial charge is 0.476 e. The first-order valence-electron chi connectivity index (χ1n) is 9.40. The van der Waals surface area contributed by atoms with Gasteiger partial charge in [0.15, 0.2) is 5.60 Å². The summed E-state index contributed by atoms with van der Waals surface area (Å²) in [6.45, 7) is 7.15. The molecule has 2 amide bonds. The van der Waals surface area contributed by atoms with Crippen LogP contribution in [-0.4, -0.2) is 36.5 Å². The van der Waals surface area contributed by atoms with Crippen molar-refractivity contribution in [1.82, 2.24) is 0 Å². The highest BCUT2D eigenvalue weighted by Gasteiger charge is 2.41. The molecular weight excluding hydrogens is 372 g/mol. The number of aryl methyl sites for hydroxylation is 1. The SMILES string of the molecule is CCOC(=O)c1ccc(NC(=O)CN2C(=O)C(C)(C)Oc3ccc(C)cc32)cc1. The first kappa shape index (κ1) is 20.4. The van der Waals surface area contributed by atoms with E-state index >= 15 is 0 Å². The zero-order chi connectivity index (χ0) is 21.2. The number of anilines is 2. The number of hydrogen-bond acceptors (Lipinski definition) is 5.